The second-order valence-corrected chi connectivity index (χ2v) is 4.90. The molecule has 7 heteroatoms. The molecule has 0 aliphatic carbocycles. The Hall–Kier alpha value is -0.760. The van der Waals surface area contributed by atoms with Gasteiger partial charge in [-0.25, -0.2) is 5.84 Å². The molecule has 0 bridgehead atoms. The number of aromatic nitrogens is 2. The monoisotopic (exact) mass is 229 g/mol. The zero-order valence-electron chi connectivity index (χ0n) is 8.60. The summed E-state index contributed by atoms with van der Waals surface area (Å²) in [6, 6.07) is 0. The van der Waals surface area contributed by atoms with Gasteiger partial charge in [0.05, 0.1) is 5.60 Å². The number of nitrogens with two attached hydrogens (primary N) is 1. The summed E-state index contributed by atoms with van der Waals surface area (Å²) >= 11 is 1.25. The van der Waals surface area contributed by atoms with E-state index in [-0.39, 0.29) is 0 Å². The van der Waals surface area contributed by atoms with E-state index >= 15 is 0 Å². The second kappa shape index (κ2) is 4.01. The molecule has 15 heavy (non-hydrogen) atoms. The molecular weight excluding hydrogens is 214 g/mol. The fourth-order valence-electron chi connectivity index (χ4n) is 1.81. The molecule has 1 unspecified atom stereocenters. The zero-order valence-corrected chi connectivity index (χ0v) is 9.42. The van der Waals surface area contributed by atoms with Crippen molar-refractivity contribution in [3.63, 3.8) is 0 Å². The molecule has 4 N–H and O–H groups in total. The Morgan fingerprint density at radius 3 is 3.13 bits per heavy atom. The minimum absolute atomic E-state index is 0.570. The van der Waals surface area contributed by atoms with Crippen LogP contribution in [0.4, 0.5) is 5.00 Å². The molecule has 0 saturated carbocycles. The molecule has 0 aromatic carbocycles. The van der Waals surface area contributed by atoms with Crippen molar-refractivity contribution in [2.45, 2.75) is 25.5 Å². The third-order valence-electron chi connectivity index (χ3n) is 2.59. The highest BCUT2D eigenvalue weighted by atomic mass is 32.1. The summed E-state index contributed by atoms with van der Waals surface area (Å²) in [5.41, 5.74) is 2.85. The fraction of sp³-hybridized carbons (Fsp3) is 0.750. The van der Waals surface area contributed by atoms with Crippen LogP contribution in [0.1, 0.15) is 19.0 Å². The predicted molar refractivity (Wildman–Crippen MR) is 58.2 cm³/mol. The van der Waals surface area contributed by atoms with Crippen LogP contribution in [0.5, 0.6) is 0 Å². The van der Waals surface area contributed by atoms with Crippen molar-refractivity contribution in [3.8, 4) is 0 Å². The lowest BCUT2D eigenvalue weighted by molar-refractivity contribution is 0.0677. The van der Waals surface area contributed by atoms with E-state index in [9.17, 15) is 5.11 Å². The number of hydrogen-bond donors (Lipinski definition) is 3. The molecule has 0 radical (unpaired) electrons. The largest absolute Gasteiger partial charge is 0.389 e. The Morgan fingerprint density at radius 1 is 1.73 bits per heavy atom. The molecule has 0 spiro atoms. The summed E-state index contributed by atoms with van der Waals surface area (Å²) in [6.45, 7) is 4.10. The zero-order chi connectivity index (χ0) is 10.9. The number of aliphatic hydroxyl groups is 1. The third kappa shape index (κ3) is 2.43. The maximum atomic E-state index is 9.80. The number of anilines is 1. The van der Waals surface area contributed by atoms with Crippen LogP contribution in [0.15, 0.2) is 0 Å². The van der Waals surface area contributed by atoms with Crippen molar-refractivity contribution in [2.24, 2.45) is 5.84 Å². The minimum atomic E-state index is -0.570. The first-order valence-electron chi connectivity index (χ1n) is 4.83. The summed E-state index contributed by atoms with van der Waals surface area (Å²) in [6.07, 6.45) is 0.802. The first-order chi connectivity index (χ1) is 7.11. The van der Waals surface area contributed by atoms with E-state index in [0.717, 1.165) is 23.7 Å². The van der Waals surface area contributed by atoms with Crippen molar-refractivity contribution in [2.75, 3.05) is 18.5 Å². The van der Waals surface area contributed by atoms with Gasteiger partial charge in [0.15, 0.2) is 0 Å². The van der Waals surface area contributed by atoms with Crippen LogP contribution in [0.2, 0.25) is 0 Å². The molecule has 84 valence electrons. The van der Waals surface area contributed by atoms with Crippen LogP contribution in [0.3, 0.4) is 0 Å². The third-order valence-corrected chi connectivity index (χ3v) is 3.29. The topological polar surface area (TPSA) is 87.3 Å². The summed E-state index contributed by atoms with van der Waals surface area (Å²) < 4.78 is 3.83. The number of rotatable bonds is 3. The van der Waals surface area contributed by atoms with E-state index in [1.807, 2.05) is 6.92 Å². The van der Waals surface area contributed by atoms with Gasteiger partial charge >= 0.3 is 0 Å². The number of nitrogens with one attached hydrogen (secondary N) is 1. The van der Waals surface area contributed by atoms with Gasteiger partial charge in [0.1, 0.15) is 10.7 Å². The minimum Gasteiger partial charge on any atom is -0.389 e. The number of nitrogens with zero attached hydrogens (tertiary/aromatic N) is 3. The van der Waals surface area contributed by atoms with Crippen LogP contribution in [-0.4, -0.2) is 38.3 Å². The molecule has 1 aromatic rings. The first kappa shape index (κ1) is 10.7. The Balaban J connectivity index is 1.98. The molecule has 2 heterocycles. The van der Waals surface area contributed by atoms with Crippen LogP contribution in [0, 0.1) is 0 Å². The van der Waals surface area contributed by atoms with Gasteiger partial charge in [-0.05, 0) is 13.3 Å². The van der Waals surface area contributed by atoms with Crippen LogP contribution in [0.25, 0.3) is 0 Å². The molecule has 1 atom stereocenters. The van der Waals surface area contributed by atoms with Gasteiger partial charge in [-0.3, -0.25) is 4.90 Å². The molecule has 0 amide bonds. The lowest BCUT2D eigenvalue weighted by Crippen LogP contribution is -2.29. The Bertz CT molecular complexity index is 340. The van der Waals surface area contributed by atoms with Gasteiger partial charge in [-0.1, -0.05) is 4.49 Å². The van der Waals surface area contributed by atoms with E-state index in [1.54, 1.807) is 0 Å². The fourth-order valence-corrected chi connectivity index (χ4v) is 2.29. The van der Waals surface area contributed by atoms with Gasteiger partial charge in [0.25, 0.3) is 0 Å². The van der Waals surface area contributed by atoms with Crippen LogP contribution >= 0.6 is 11.5 Å². The number of nitrogen functional groups attached to an aromatic ring is 1. The van der Waals surface area contributed by atoms with Crippen LogP contribution < -0.4 is 11.3 Å². The highest BCUT2D eigenvalue weighted by molar-refractivity contribution is 7.10. The Morgan fingerprint density at radius 2 is 2.53 bits per heavy atom. The quantitative estimate of drug-likeness (QED) is 0.490. The summed E-state index contributed by atoms with van der Waals surface area (Å²) in [5.74, 6) is 5.34. The number of β-amino-alcohol motifs (C(OH)–C–C–N with tert-alkyl or cyclic N) is 1. The first-order valence-corrected chi connectivity index (χ1v) is 5.61. The van der Waals surface area contributed by atoms with Crippen molar-refractivity contribution in [3.05, 3.63) is 5.69 Å². The average Bonchev–Trinajstić information content (AvgIpc) is 2.73. The Kier molecular flexibility index (Phi) is 2.87. The van der Waals surface area contributed by atoms with Gasteiger partial charge in [-0.2, -0.15) is 0 Å². The standard InChI is InChI=1S/C8H15N5OS/c1-8(14)2-3-13(5-8)4-6-7(10-9)15-12-11-6/h10,14H,2-5,9H2,1H3. The molecule has 6 nitrogen and oxygen atoms in total. The number of hydrazine groups is 1. The molecule has 1 aliphatic heterocycles. The maximum Gasteiger partial charge on any atom is 0.148 e. The molecule has 1 saturated heterocycles. The summed E-state index contributed by atoms with van der Waals surface area (Å²) in [5, 5.41) is 14.6. The normalized spacial score (nSPS) is 27.1. The molecule has 1 aliphatic rings. The molecule has 1 aromatic heterocycles. The Labute approximate surface area is 92.2 Å². The van der Waals surface area contributed by atoms with E-state index < -0.39 is 5.60 Å². The lowest BCUT2D eigenvalue weighted by atomic mass is 10.1. The average molecular weight is 229 g/mol. The highest BCUT2D eigenvalue weighted by Crippen LogP contribution is 2.24. The van der Waals surface area contributed by atoms with Crippen LogP contribution in [-0.2, 0) is 6.54 Å². The predicted octanol–water partition coefficient (Wildman–Crippen LogP) is -0.220. The van der Waals surface area contributed by atoms with Gasteiger partial charge in [0, 0.05) is 31.2 Å². The van der Waals surface area contributed by atoms with Gasteiger partial charge in [-0.15, -0.1) is 5.10 Å². The number of likely N-dealkylation sites (tertiary alicyclic amines) is 1. The van der Waals surface area contributed by atoms with E-state index in [1.165, 1.54) is 11.5 Å². The summed E-state index contributed by atoms with van der Waals surface area (Å²) in [4.78, 5) is 2.15. The number of hydrogen-bond acceptors (Lipinski definition) is 7. The van der Waals surface area contributed by atoms with E-state index in [4.69, 9.17) is 5.84 Å². The van der Waals surface area contributed by atoms with Crippen molar-refractivity contribution < 1.29 is 5.11 Å². The van der Waals surface area contributed by atoms with Gasteiger partial charge in [0.2, 0.25) is 0 Å². The second-order valence-electron chi connectivity index (χ2n) is 4.15. The van der Waals surface area contributed by atoms with E-state index in [2.05, 4.69) is 19.9 Å². The van der Waals surface area contributed by atoms with Crippen molar-refractivity contribution in [1.82, 2.24) is 14.5 Å². The van der Waals surface area contributed by atoms with E-state index in [0.29, 0.717) is 13.1 Å². The van der Waals surface area contributed by atoms with Gasteiger partial charge < -0.3 is 10.5 Å². The molecule has 2 rings (SSSR count). The smallest absolute Gasteiger partial charge is 0.148 e. The highest BCUT2D eigenvalue weighted by Gasteiger charge is 2.31. The lowest BCUT2D eigenvalue weighted by Gasteiger charge is -2.17. The summed E-state index contributed by atoms with van der Waals surface area (Å²) in [7, 11) is 0. The van der Waals surface area contributed by atoms with Crippen molar-refractivity contribution in [1.29, 1.82) is 0 Å². The SMILES string of the molecule is CC1(O)CCN(Cc2nnsc2NN)C1. The molecular formula is C8H15N5OS. The van der Waals surface area contributed by atoms with Crippen molar-refractivity contribution >= 4 is 16.5 Å². The molecule has 1 fully saturated rings. The maximum absolute atomic E-state index is 9.80.